The zero-order valence-electron chi connectivity index (χ0n) is 11.4. The zero-order chi connectivity index (χ0) is 12.4. The van der Waals surface area contributed by atoms with Crippen LogP contribution in [0.4, 0.5) is 0 Å². The van der Waals surface area contributed by atoms with E-state index in [1.807, 2.05) is 0 Å². The van der Waals surface area contributed by atoms with Crippen molar-refractivity contribution in [3.8, 4) is 0 Å². The molecule has 2 aliphatic heterocycles. The van der Waals surface area contributed by atoms with Crippen LogP contribution in [0.3, 0.4) is 0 Å². The van der Waals surface area contributed by atoms with Gasteiger partial charge in [-0.1, -0.05) is 31.2 Å². The van der Waals surface area contributed by atoms with Crippen molar-refractivity contribution in [3.63, 3.8) is 0 Å². The van der Waals surface area contributed by atoms with Gasteiger partial charge in [-0.15, -0.1) is 0 Å². The summed E-state index contributed by atoms with van der Waals surface area (Å²) in [6.07, 6.45) is 3.95. The Kier molecular flexibility index (Phi) is 3.67. The van der Waals surface area contributed by atoms with E-state index in [2.05, 4.69) is 41.4 Å². The lowest BCUT2D eigenvalue weighted by molar-refractivity contribution is 0.172. The molecule has 0 aromatic heterocycles. The number of nitrogens with one attached hydrogen (secondary N) is 1. The Balaban J connectivity index is 1.56. The van der Waals surface area contributed by atoms with E-state index in [0.717, 1.165) is 12.5 Å². The van der Waals surface area contributed by atoms with Crippen LogP contribution in [0.15, 0.2) is 24.3 Å². The molecule has 0 aliphatic carbocycles. The summed E-state index contributed by atoms with van der Waals surface area (Å²) < 4.78 is 0. The van der Waals surface area contributed by atoms with Gasteiger partial charge in [-0.05, 0) is 49.4 Å². The van der Waals surface area contributed by atoms with Gasteiger partial charge in [0.25, 0.3) is 0 Å². The Hall–Kier alpha value is -0.860. The van der Waals surface area contributed by atoms with Crippen molar-refractivity contribution in [2.24, 2.45) is 5.92 Å². The van der Waals surface area contributed by atoms with Gasteiger partial charge >= 0.3 is 0 Å². The summed E-state index contributed by atoms with van der Waals surface area (Å²) in [5, 5.41) is 3.69. The van der Waals surface area contributed by atoms with Gasteiger partial charge in [0, 0.05) is 19.1 Å². The van der Waals surface area contributed by atoms with Gasteiger partial charge in [0.1, 0.15) is 0 Å². The first-order chi connectivity index (χ1) is 8.81. The first kappa shape index (κ1) is 12.2. The molecule has 0 amide bonds. The molecule has 2 heteroatoms. The van der Waals surface area contributed by atoms with Crippen LogP contribution in [0, 0.1) is 5.92 Å². The lowest BCUT2D eigenvalue weighted by Gasteiger charge is -2.35. The standard InChI is InChI=1S/C16H24N2/c1-13-6-8-18(9-7-13)12-16-10-14-4-2-3-5-15(14)11-17-16/h2-5,13,16-17H,6-12H2,1H3. The van der Waals surface area contributed by atoms with Gasteiger partial charge in [0.2, 0.25) is 0 Å². The summed E-state index contributed by atoms with van der Waals surface area (Å²) >= 11 is 0. The van der Waals surface area contributed by atoms with Gasteiger partial charge in [-0.25, -0.2) is 0 Å². The molecule has 1 saturated heterocycles. The van der Waals surface area contributed by atoms with Crippen LogP contribution >= 0.6 is 0 Å². The Morgan fingerprint density at radius 3 is 2.67 bits per heavy atom. The molecule has 1 aromatic rings. The number of hydrogen-bond acceptors (Lipinski definition) is 2. The molecule has 0 bridgehead atoms. The fourth-order valence-electron chi connectivity index (χ4n) is 3.21. The minimum atomic E-state index is 0.647. The number of hydrogen-bond donors (Lipinski definition) is 1. The highest BCUT2D eigenvalue weighted by atomic mass is 15.2. The van der Waals surface area contributed by atoms with E-state index >= 15 is 0 Å². The predicted molar refractivity (Wildman–Crippen MR) is 75.6 cm³/mol. The highest BCUT2D eigenvalue weighted by Crippen LogP contribution is 2.19. The minimum absolute atomic E-state index is 0.647. The normalized spacial score (nSPS) is 25.9. The van der Waals surface area contributed by atoms with Crippen molar-refractivity contribution in [2.75, 3.05) is 19.6 Å². The quantitative estimate of drug-likeness (QED) is 0.859. The van der Waals surface area contributed by atoms with Crippen LogP contribution in [-0.2, 0) is 13.0 Å². The van der Waals surface area contributed by atoms with E-state index in [1.54, 1.807) is 5.56 Å². The summed E-state index contributed by atoms with van der Waals surface area (Å²) in [7, 11) is 0. The molecular weight excluding hydrogens is 220 g/mol. The number of nitrogens with zero attached hydrogens (tertiary/aromatic N) is 1. The van der Waals surface area contributed by atoms with Crippen molar-refractivity contribution < 1.29 is 0 Å². The minimum Gasteiger partial charge on any atom is -0.308 e. The van der Waals surface area contributed by atoms with Crippen molar-refractivity contribution in [3.05, 3.63) is 35.4 Å². The third-order valence-corrected chi connectivity index (χ3v) is 4.52. The average molecular weight is 244 g/mol. The van der Waals surface area contributed by atoms with E-state index in [1.165, 1.54) is 44.5 Å². The highest BCUT2D eigenvalue weighted by molar-refractivity contribution is 5.29. The topological polar surface area (TPSA) is 15.3 Å². The van der Waals surface area contributed by atoms with Gasteiger partial charge in [0.05, 0.1) is 0 Å². The summed E-state index contributed by atoms with van der Waals surface area (Å²) in [5.41, 5.74) is 3.03. The molecule has 2 aliphatic rings. The number of benzene rings is 1. The van der Waals surface area contributed by atoms with E-state index in [4.69, 9.17) is 0 Å². The van der Waals surface area contributed by atoms with E-state index < -0.39 is 0 Å². The number of fused-ring (bicyclic) bond motifs is 1. The molecule has 1 fully saturated rings. The maximum atomic E-state index is 3.69. The average Bonchev–Trinajstić information content (AvgIpc) is 2.41. The number of rotatable bonds is 2. The van der Waals surface area contributed by atoms with Crippen LogP contribution in [-0.4, -0.2) is 30.6 Å². The third kappa shape index (κ3) is 2.76. The Morgan fingerprint density at radius 1 is 1.17 bits per heavy atom. The highest BCUT2D eigenvalue weighted by Gasteiger charge is 2.22. The van der Waals surface area contributed by atoms with Gasteiger partial charge < -0.3 is 10.2 Å². The maximum absolute atomic E-state index is 3.69. The number of piperidine rings is 1. The molecule has 2 heterocycles. The van der Waals surface area contributed by atoms with Crippen LogP contribution < -0.4 is 5.32 Å². The van der Waals surface area contributed by atoms with Crippen molar-refractivity contribution in [2.45, 2.75) is 38.8 Å². The van der Waals surface area contributed by atoms with Crippen LogP contribution in [0.1, 0.15) is 30.9 Å². The van der Waals surface area contributed by atoms with Crippen LogP contribution in [0.25, 0.3) is 0 Å². The smallest absolute Gasteiger partial charge is 0.0238 e. The fraction of sp³-hybridized carbons (Fsp3) is 0.625. The SMILES string of the molecule is CC1CCN(CC2Cc3ccccc3CN2)CC1. The fourth-order valence-corrected chi connectivity index (χ4v) is 3.21. The predicted octanol–water partition coefficient (Wildman–Crippen LogP) is 2.43. The second-order valence-electron chi connectivity index (χ2n) is 6.03. The third-order valence-electron chi connectivity index (χ3n) is 4.52. The second-order valence-corrected chi connectivity index (χ2v) is 6.03. The molecule has 1 N–H and O–H groups in total. The molecule has 1 unspecified atom stereocenters. The van der Waals surface area contributed by atoms with Crippen molar-refractivity contribution in [1.29, 1.82) is 0 Å². The molecule has 2 nitrogen and oxygen atoms in total. The summed E-state index contributed by atoms with van der Waals surface area (Å²) in [6.45, 7) is 7.24. The van der Waals surface area contributed by atoms with E-state index in [-0.39, 0.29) is 0 Å². The van der Waals surface area contributed by atoms with E-state index in [9.17, 15) is 0 Å². The molecule has 1 aromatic carbocycles. The largest absolute Gasteiger partial charge is 0.308 e. The van der Waals surface area contributed by atoms with Crippen LogP contribution in [0.2, 0.25) is 0 Å². The van der Waals surface area contributed by atoms with Crippen molar-refractivity contribution >= 4 is 0 Å². The Labute approximate surface area is 110 Å². The second kappa shape index (κ2) is 5.41. The molecule has 98 valence electrons. The summed E-state index contributed by atoms with van der Waals surface area (Å²) in [6, 6.07) is 9.51. The molecule has 0 saturated carbocycles. The molecule has 1 atom stereocenters. The van der Waals surface area contributed by atoms with Gasteiger partial charge in [-0.3, -0.25) is 0 Å². The Morgan fingerprint density at radius 2 is 1.89 bits per heavy atom. The lowest BCUT2D eigenvalue weighted by Crippen LogP contribution is -2.46. The van der Waals surface area contributed by atoms with Crippen LogP contribution in [0.5, 0.6) is 0 Å². The monoisotopic (exact) mass is 244 g/mol. The lowest BCUT2D eigenvalue weighted by atomic mass is 9.94. The van der Waals surface area contributed by atoms with Gasteiger partial charge in [-0.2, -0.15) is 0 Å². The molecule has 3 rings (SSSR count). The summed E-state index contributed by atoms with van der Waals surface area (Å²) in [4.78, 5) is 2.64. The van der Waals surface area contributed by atoms with Gasteiger partial charge in [0.15, 0.2) is 0 Å². The number of likely N-dealkylation sites (tertiary alicyclic amines) is 1. The first-order valence-electron chi connectivity index (χ1n) is 7.34. The van der Waals surface area contributed by atoms with E-state index in [0.29, 0.717) is 6.04 Å². The molecule has 0 radical (unpaired) electrons. The molecule has 18 heavy (non-hydrogen) atoms. The van der Waals surface area contributed by atoms with Crippen molar-refractivity contribution in [1.82, 2.24) is 10.2 Å². The summed E-state index contributed by atoms with van der Waals surface area (Å²) in [5.74, 6) is 0.932. The molecular formula is C16H24N2. The molecule has 0 spiro atoms. The zero-order valence-corrected chi connectivity index (χ0v) is 11.4. The maximum Gasteiger partial charge on any atom is 0.0238 e. The Bertz CT molecular complexity index is 394. The first-order valence-corrected chi connectivity index (χ1v) is 7.34.